The van der Waals surface area contributed by atoms with Gasteiger partial charge >= 0.3 is 24.1 Å². The molecule has 0 fully saturated rings. The van der Waals surface area contributed by atoms with Crippen molar-refractivity contribution in [2.45, 2.75) is 19.7 Å². The van der Waals surface area contributed by atoms with Crippen LogP contribution < -0.4 is 5.32 Å². The summed E-state index contributed by atoms with van der Waals surface area (Å²) in [5, 5.41) is 5.69. The zero-order valence-corrected chi connectivity index (χ0v) is 16.1. The molecule has 162 valence electrons. The van der Waals surface area contributed by atoms with Crippen molar-refractivity contribution in [3.05, 3.63) is 53.3 Å². The van der Waals surface area contributed by atoms with Gasteiger partial charge in [0.05, 0.1) is 7.11 Å². The van der Waals surface area contributed by atoms with E-state index in [9.17, 15) is 22.8 Å². The van der Waals surface area contributed by atoms with Crippen LogP contribution >= 0.6 is 0 Å². The van der Waals surface area contributed by atoms with E-state index in [0.717, 1.165) is 0 Å². The number of nitrogens with zero attached hydrogens (tertiary/aromatic N) is 4. The predicted octanol–water partition coefficient (Wildman–Crippen LogP) is 3.39. The molecule has 0 aliphatic carbocycles. The van der Waals surface area contributed by atoms with Crippen molar-refractivity contribution < 1.29 is 36.8 Å². The molecule has 0 spiro atoms. The zero-order chi connectivity index (χ0) is 22.6. The fraction of sp³-hybridized carbons (Fsp3) is 0.222. The number of anilines is 1. The van der Waals surface area contributed by atoms with E-state index in [0.29, 0.717) is 11.1 Å². The molecule has 13 heteroatoms. The van der Waals surface area contributed by atoms with Crippen LogP contribution in [0.15, 0.2) is 35.1 Å². The average Bonchev–Trinajstić information content (AvgIpc) is 3.24. The van der Waals surface area contributed by atoms with Crippen LogP contribution in [0.2, 0.25) is 0 Å². The van der Waals surface area contributed by atoms with Gasteiger partial charge in [0.1, 0.15) is 18.1 Å². The van der Waals surface area contributed by atoms with Crippen molar-refractivity contribution in [3.8, 4) is 11.4 Å². The van der Waals surface area contributed by atoms with Crippen molar-refractivity contribution in [2.24, 2.45) is 0 Å². The number of esters is 1. The lowest BCUT2D eigenvalue weighted by Gasteiger charge is -2.09. The molecular formula is C18H14F3N5O5. The van der Waals surface area contributed by atoms with Gasteiger partial charge in [-0.2, -0.15) is 18.2 Å². The molecule has 0 bridgehead atoms. The standard InChI is InChI=1S/C18H14F3N5O5/c1-9-5-11(14-24-16(31-26-14)18(19,20)21)7-23-13(9)25-17(28)30-8-10-3-4-12(22-6-10)15(27)29-2/h3-7H,8H2,1-2H3,(H,23,25,28). The fourth-order valence-corrected chi connectivity index (χ4v) is 2.30. The first-order valence-electron chi connectivity index (χ1n) is 8.52. The van der Waals surface area contributed by atoms with Gasteiger partial charge in [-0.15, -0.1) is 0 Å². The molecule has 0 aliphatic heterocycles. The summed E-state index contributed by atoms with van der Waals surface area (Å²) >= 11 is 0. The maximum atomic E-state index is 12.6. The molecule has 1 N–H and O–H groups in total. The van der Waals surface area contributed by atoms with E-state index in [-0.39, 0.29) is 29.5 Å². The summed E-state index contributed by atoms with van der Waals surface area (Å²) in [7, 11) is 1.23. The lowest BCUT2D eigenvalue weighted by molar-refractivity contribution is -0.159. The fourth-order valence-electron chi connectivity index (χ4n) is 2.30. The van der Waals surface area contributed by atoms with Gasteiger partial charge in [0.2, 0.25) is 5.82 Å². The number of carbonyl (C=O) groups is 2. The first kappa shape index (κ1) is 21.7. The molecule has 3 aromatic rings. The van der Waals surface area contributed by atoms with E-state index < -0.39 is 24.1 Å². The molecule has 10 nitrogen and oxygen atoms in total. The van der Waals surface area contributed by atoms with E-state index in [1.165, 1.54) is 31.6 Å². The molecular weight excluding hydrogens is 423 g/mol. The third-order valence-electron chi connectivity index (χ3n) is 3.81. The Hall–Kier alpha value is -4.03. The predicted molar refractivity (Wildman–Crippen MR) is 96.7 cm³/mol. The van der Waals surface area contributed by atoms with Gasteiger partial charge in [-0.25, -0.2) is 19.6 Å². The molecule has 0 atom stereocenters. The number of carbonyl (C=O) groups excluding carboxylic acids is 2. The lowest BCUT2D eigenvalue weighted by atomic mass is 10.2. The first-order valence-corrected chi connectivity index (χ1v) is 8.52. The topological polar surface area (TPSA) is 129 Å². The highest BCUT2D eigenvalue weighted by atomic mass is 19.4. The second-order valence-electron chi connectivity index (χ2n) is 6.05. The molecule has 0 saturated heterocycles. The number of methoxy groups -OCH3 is 1. The van der Waals surface area contributed by atoms with Gasteiger partial charge in [0.15, 0.2) is 0 Å². The summed E-state index contributed by atoms with van der Waals surface area (Å²) in [6.07, 6.45) is -3.03. The third kappa shape index (κ3) is 5.32. The van der Waals surface area contributed by atoms with E-state index in [1.807, 2.05) is 0 Å². The quantitative estimate of drug-likeness (QED) is 0.597. The molecule has 0 unspecified atom stereocenters. The Kier molecular flexibility index (Phi) is 6.13. The van der Waals surface area contributed by atoms with E-state index in [2.05, 4.69) is 34.7 Å². The van der Waals surface area contributed by atoms with Crippen LogP contribution in [0.1, 0.15) is 27.5 Å². The highest BCUT2D eigenvalue weighted by Gasteiger charge is 2.38. The minimum Gasteiger partial charge on any atom is -0.464 e. The molecule has 3 heterocycles. The summed E-state index contributed by atoms with van der Waals surface area (Å²) < 4.78 is 51.5. The molecule has 0 aliphatic rings. The molecule has 0 saturated carbocycles. The SMILES string of the molecule is COC(=O)c1ccc(COC(=O)Nc2ncc(-c3noc(C(F)(F)F)n3)cc2C)cn1. The number of ether oxygens (including phenoxy) is 2. The van der Waals surface area contributed by atoms with Crippen molar-refractivity contribution >= 4 is 17.9 Å². The van der Waals surface area contributed by atoms with Crippen molar-refractivity contribution in [2.75, 3.05) is 12.4 Å². The number of amides is 1. The maximum Gasteiger partial charge on any atom is 0.471 e. The minimum atomic E-state index is -4.76. The zero-order valence-electron chi connectivity index (χ0n) is 16.1. The van der Waals surface area contributed by atoms with Gasteiger partial charge < -0.3 is 14.0 Å². The van der Waals surface area contributed by atoms with Crippen LogP contribution in [0, 0.1) is 6.92 Å². The number of rotatable bonds is 5. The van der Waals surface area contributed by atoms with Crippen LogP contribution in [-0.4, -0.2) is 39.3 Å². The highest BCUT2D eigenvalue weighted by Crippen LogP contribution is 2.29. The number of nitrogens with one attached hydrogen (secondary N) is 1. The van der Waals surface area contributed by atoms with Crippen LogP contribution in [0.3, 0.4) is 0 Å². The Labute approximate surface area is 172 Å². The number of hydrogen-bond acceptors (Lipinski definition) is 9. The first-order chi connectivity index (χ1) is 14.7. The number of aryl methyl sites for hydroxylation is 1. The monoisotopic (exact) mass is 437 g/mol. The molecule has 3 aromatic heterocycles. The molecule has 3 rings (SSSR count). The van der Waals surface area contributed by atoms with Crippen LogP contribution in [0.5, 0.6) is 0 Å². The second-order valence-corrected chi connectivity index (χ2v) is 6.05. The number of aromatic nitrogens is 4. The Balaban J connectivity index is 1.60. The summed E-state index contributed by atoms with van der Waals surface area (Å²) in [5.74, 6) is -2.22. The lowest BCUT2D eigenvalue weighted by Crippen LogP contribution is -2.15. The third-order valence-corrected chi connectivity index (χ3v) is 3.81. The Bertz CT molecular complexity index is 1100. The largest absolute Gasteiger partial charge is 0.471 e. The van der Waals surface area contributed by atoms with E-state index in [4.69, 9.17) is 4.74 Å². The average molecular weight is 437 g/mol. The number of alkyl halides is 3. The smallest absolute Gasteiger partial charge is 0.464 e. The summed E-state index contributed by atoms with van der Waals surface area (Å²) in [4.78, 5) is 34.5. The Morgan fingerprint density at radius 3 is 2.55 bits per heavy atom. The van der Waals surface area contributed by atoms with Crippen molar-refractivity contribution in [1.29, 1.82) is 0 Å². The molecule has 31 heavy (non-hydrogen) atoms. The highest BCUT2D eigenvalue weighted by molar-refractivity contribution is 5.87. The van der Waals surface area contributed by atoms with E-state index >= 15 is 0 Å². The van der Waals surface area contributed by atoms with Gasteiger partial charge in [0.25, 0.3) is 0 Å². The maximum absolute atomic E-state index is 12.6. The van der Waals surface area contributed by atoms with E-state index in [1.54, 1.807) is 13.0 Å². The minimum absolute atomic E-state index is 0.111. The normalized spacial score (nSPS) is 11.1. The van der Waals surface area contributed by atoms with Gasteiger partial charge in [-0.05, 0) is 24.6 Å². The van der Waals surface area contributed by atoms with Gasteiger partial charge in [-0.3, -0.25) is 5.32 Å². The van der Waals surface area contributed by atoms with Crippen LogP contribution in [-0.2, 0) is 22.3 Å². The Morgan fingerprint density at radius 2 is 1.97 bits per heavy atom. The van der Waals surface area contributed by atoms with Crippen molar-refractivity contribution in [3.63, 3.8) is 0 Å². The second kappa shape index (κ2) is 8.77. The molecule has 0 radical (unpaired) electrons. The molecule has 0 aromatic carbocycles. The number of halogens is 3. The van der Waals surface area contributed by atoms with Gasteiger partial charge in [0, 0.05) is 23.5 Å². The van der Waals surface area contributed by atoms with Crippen LogP contribution in [0.4, 0.5) is 23.8 Å². The van der Waals surface area contributed by atoms with Crippen molar-refractivity contribution in [1.82, 2.24) is 20.1 Å². The molecule has 1 amide bonds. The number of hydrogen-bond donors (Lipinski definition) is 1. The Morgan fingerprint density at radius 1 is 1.19 bits per heavy atom. The summed E-state index contributed by atoms with van der Waals surface area (Å²) in [5.41, 5.74) is 1.24. The number of pyridine rings is 2. The van der Waals surface area contributed by atoms with Crippen LogP contribution in [0.25, 0.3) is 11.4 Å². The summed E-state index contributed by atoms with van der Waals surface area (Å²) in [6, 6.07) is 4.41. The van der Waals surface area contributed by atoms with Gasteiger partial charge in [-0.1, -0.05) is 11.2 Å². The summed E-state index contributed by atoms with van der Waals surface area (Å²) in [6.45, 7) is 1.45.